The molecule has 47 heavy (non-hydrogen) atoms. The maximum atomic E-state index is 14.0. The standard InChI is InChI=1S/C34H33N3O9S/c1-5-43-26-14-12-23(18-29(26)45-7-3)31-25(33(39)42-4)19-35-34-36(31)32(38)30(47-34)17-21-11-13-27(28(16-21)44-6-2)46-20-22-9-8-10-24(15-22)37(40)41/h8-19,31H,5-7,20H2,1-4H3/b30-17-/t31-/m1/s1. The molecule has 244 valence electrons. The molecular weight excluding hydrogens is 626 g/mol. The first-order valence-electron chi connectivity index (χ1n) is 14.9. The molecular formula is C34H33N3O9S. The molecule has 4 aromatic rings. The number of methoxy groups -OCH3 is 1. The molecule has 0 amide bonds. The van der Waals surface area contributed by atoms with Gasteiger partial charge in [-0.2, -0.15) is 0 Å². The third-order valence-electron chi connectivity index (χ3n) is 7.09. The molecule has 0 unspecified atom stereocenters. The number of ether oxygens (including phenoxy) is 5. The molecule has 1 aromatic heterocycles. The highest BCUT2D eigenvalue weighted by molar-refractivity contribution is 7.07. The van der Waals surface area contributed by atoms with Gasteiger partial charge >= 0.3 is 5.97 Å². The highest BCUT2D eigenvalue weighted by Crippen LogP contribution is 2.35. The lowest BCUT2D eigenvalue weighted by Gasteiger charge is -2.23. The number of nitro benzene ring substituents is 1. The summed E-state index contributed by atoms with van der Waals surface area (Å²) in [4.78, 5) is 42.4. The number of hydrogen-bond donors (Lipinski definition) is 0. The second-order valence-corrected chi connectivity index (χ2v) is 11.1. The summed E-state index contributed by atoms with van der Waals surface area (Å²) in [6.07, 6.45) is 3.16. The van der Waals surface area contributed by atoms with Gasteiger partial charge in [-0.3, -0.25) is 19.5 Å². The van der Waals surface area contributed by atoms with Gasteiger partial charge in [-0.25, -0.2) is 9.79 Å². The third-order valence-corrected chi connectivity index (χ3v) is 8.09. The van der Waals surface area contributed by atoms with Gasteiger partial charge in [0.15, 0.2) is 27.8 Å². The lowest BCUT2D eigenvalue weighted by molar-refractivity contribution is -0.384. The highest BCUT2D eigenvalue weighted by atomic mass is 32.1. The Morgan fingerprint density at radius 1 is 0.936 bits per heavy atom. The van der Waals surface area contributed by atoms with Crippen molar-refractivity contribution >= 4 is 29.1 Å². The average Bonchev–Trinajstić information content (AvgIpc) is 3.39. The van der Waals surface area contributed by atoms with Crippen molar-refractivity contribution < 1.29 is 33.4 Å². The summed E-state index contributed by atoms with van der Waals surface area (Å²) in [6.45, 7) is 6.87. The normalized spacial score (nSPS) is 14.0. The zero-order chi connectivity index (χ0) is 33.5. The van der Waals surface area contributed by atoms with Crippen LogP contribution in [0.5, 0.6) is 23.0 Å². The van der Waals surface area contributed by atoms with Gasteiger partial charge in [0.25, 0.3) is 11.2 Å². The second kappa shape index (κ2) is 14.8. The molecule has 0 aliphatic carbocycles. The van der Waals surface area contributed by atoms with E-state index >= 15 is 0 Å². The Hall–Kier alpha value is -5.43. The topological polar surface area (TPSA) is 141 Å². The Labute approximate surface area is 273 Å². The first kappa shape index (κ1) is 32.9. The number of carbonyl (C=O) groups is 1. The summed E-state index contributed by atoms with van der Waals surface area (Å²) >= 11 is 1.19. The molecule has 1 aliphatic heterocycles. The zero-order valence-electron chi connectivity index (χ0n) is 26.3. The van der Waals surface area contributed by atoms with Crippen molar-refractivity contribution in [2.75, 3.05) is 26.9 Å². The number of carbonyl (C=O) groups excluding carboxylic acids is 1. The molecule has 0 fully saturated rings. The number of non-ortho nitro benzene ring substituents is 1. The summed E-state index contributed by atoms with van der Waals surface area (Å²) in [7, 11) is 1.28. The second-order valence-electron chi connectivity index (χ2n) is 10.1. The van der Waals surface area contributed by atoms with Crippen LogP contribution in [0.15, 0.2) is 82.2 Å². The maximum Gasteiger partial charge on any atom is 0.337 e. The van der Waals surface area contributed by atoms with Crippen molar-refractivity contribution in [2.45, 2.75) is 33.4 Å². The maximum absolute atomic E-state index is 14.0. The first-order chi connectivity index (χ1) is 22.8. The minimum atomic E-state index is -0.820. The Bertz CT molecular complexity index is 2020. The van der Waals surface area contributed by atoms with Crippen LogP contribution in [0.3, 0.4) is 0 Å². The summed E-state index contributed by atoms with van der Waals surface area (Å²) in [5.74, 6) is 1.33. The van der Waals surface area contributed by atoms with E-state index in [1.807, 2.05) is 20.8 Å². The van der Waals surface area contributed by atoms with Crippen LogP contribution < -0.4 is 33.8 Å². The molecule has 13 heteroatoms. The molecule has 0 saturated heterocycles. The summed E-state index contributed by atoms with van der Waals surface area (Å²) < 4.78 is 30.2. The molecule has 12 nitrogen and oxygen atoms in total. The van der Waals surface area contributed by atoms with Crippen LogP contribution in [0, 0.1) is 10.1 Å². The number of benzene rings is 3. The van der Waals surface area contributed by atoms with E-state index in [0.717, 1.165) is 0 Å². The van der Waals surface area contributed by atoms with Crippen LogP contribution in [0.4, 0.5) is 5.69 Å². The fourth-order valence-electron chi connectivity index (χ4n) is 5.06. The minimum absolute atomic E-state index is 0.0221. The Morgan fingerprint density at radius 3 is 2.32 bits per heavy atom. The lowest BCUT2D eigenvalue weighted by atomic mass is 9.97. The Kier molecular flexibility index (Phi) is 10.4. The van der Waals surface area contributed by atoms with Crippen molar-refractivity contribution in [2.24, 2.45) is 4.99 Å². The van der Waals surface area contributed by atoms with Crippen LogP contribution in [0.1, 0.15) is 43.5 Å². The van der Waals surface area contributed by atoms with Crippen LogP contribution in [0.25, 0.3) is 6.08 Å². The van der Waals surface area contributed by atoms with Crippen molar-refractivity contribution in [3.8, 4) is 23.0 Å². The van der Waals surface area contributed by atoms with Gasteiger partial charge in [0, 0.05) is 18.3 Å². The summed E-state index contributed by atoms with van der Waals surface area (Å²) in [5.41, 5.74) is 1.76. The fraction of sp³-hybridized carbons (Fsp3) is 0.265. The number of nitrogens with zero attached hydrogens (tertiary/aromatic N) is 3. The van der Waals surface area contributed by atoms with Gasteiger partial charge < -0.3 is 23.7 Å². The molecule has 1 atom stereocenters. The number of esters is 1. The molecule has 1 aliphatic rings. The van der Waals surface area contributed by atoms with Gasteiger partial charge in [0.2, 0.25) is 0 Å². The number of thiazole rings is 1. The van der Waals surface area contributed by atoms with Gasteiger partial charge in [0.1, 0.15) is 6.61 Å². The fourth-order valence-corrected chi connectivity index (χ4v) is 6.03. The predicted octanol–water partition coefficient (Wildman–Crippen LogP) is 4.70. The number of aromatic nitrogens is 1. The van der Waals surface area contributed by atoms with Crippen molar-refractivity contribution in [1.82, 2.24) is 4.57 Å². The number of rotatable bonds is 13. The number of nitro groups is 1. The zero-order valence-corrected chi connectivity index (χ0v) is 27.1. The van der Waals surface area contributed by atoms with E-state index in [4.69, 9.17) is 23.7 Å². The Balaban J connectivity index is 1.52. The molecule has 0 bridgehead atoms. The van der Waals surface area contributed by atoms with Gasteiger partial charge in [-0.1, -0.05) is 35.6 Å². The molecule has 2 heterocycles. The minimum Gasteiger partial charge on any atom is -0.490 e. The molecule has 5 rings (SSSR count). The van der Waals surface area contributed by atoms with E-state index in [-0.39, 0.29) is 23.4 Å². The molecule has 0 spiro atoms. The van der Waals surface area contributed by atoms with Gasteiger partial charge in [-0.15, -0.1) is 0 Å². The van der Waals surface area contributed by atoms with E-state index in [2.05, 4.69) is 4.99 Å². The number of hydrogen-bond acceptors (Lipinski definition) is 11. The molecule has 0 N–H and O–H groups in total. The van der Waals surface area contributed by atoms with Crippen LogP contribution >= 0.6 is 11.3 Å². The summed E-state index contributed by atoms with van der Waals surface area (Å²) in [5, 5.41) is 11.1. The third kappa shape index (κ3) is 7.20. The highest BCUT2D eigenvalue weighted by Gasteiger charge is 2.31. The predicted molar refractivity (Wildman–Crippen MR) is 175 cm³/mol. The SMILES string of the molecule is CCOc1ccc([C@@H]2C(C(=O)OC)=CN=c3s/c(=C\c4ccc(OCc5cccc([N+](=O)[O-])c5)c(OCC)c4)c(=O)n32)cc1OCC. The van der Waals surface area contributed by atoms with Gasteiger partial charge in [0.05, 0.1) is 48.0 Å². The molecule has 0 saturated carbocycles. The summed E-state index contributed by atoms with van der Waals surface area (Å²) in [6, 6.07) is 16.0. The quantitative estimate of drug-likeness (QED) is 0.113. The van der Waals surface area contributed by atoms with Crippen molar-refractivity contribution in [3.63, 3.8) is 0 Å². The van der Waals surface area contributed by atoms with Crippen molar-refractivity contribution in [1.29, 1.82) is 0 Å². The monoisotopic (exact) mass is 659 g/mol. The lowest BCUT2D eigenvalue weighted by Crippen LogP contribution is -2.39. The van der Waals surface area contributed by atoms with Crippen LogP contribution in [0.2, 0.25) is 0 Å². The van der Waals surface area contributed by atoms with E-state index in [1.54, 1.807) is 54.6 Å². The molecule has 0 radical (unpaired) electrons. The largest absolute Gasteiger partial charge is 0.490 e. The van der Waals surface area contributed by atoms with Crippen molar-refractivity contribution in [3.05, 3.63) is 119 Å². The van der Waals surface area contributed by atoms with E-state index < -0.39 is 16.9 Å². The first-order valence-corrected chi connectivity index (χ1v) is 15.7. The van der Waals surface area contributed by atoms with Crippen LogP contribution in [-0.2, 0) is 16.1 Å². The van der Waals surface area contributed by atoms with E-state index in [0.29, 0.717) is 68.8 Å². The Morgan fingerprint density at radius 2 is 1.62 bits per heavy atom. The molecule has 3 aromatic carbocycles. The smallest absolute Gasteiger partial charge is 0.337 e. The number of fused-ring (bicyclic) bond motifs is 1. The van der Waals surface area contributed by atoms with E-state index in [1.165, 1.54) is 41.3 Å². The van der Waals surface area contributed by atoms with Crippen LogP contribution in [-0.4, -0.2) is 42.4 Å². The van der Waals surface area contributed by atoms with E-state index in [9.17, 15) is 19.7 Å². The van der Waals surface area contributed by atoms with Gasteiger partial charge in [-0.05, 0) is 67.8 Å². The average molecular weight is 660 g/mol.